The van der Waals surface area contributed by atoms with E-state index < -0.39 is 0 Å². The number of benzene rings is 1. The number of likely N-dealkylation sites (tertiary alicyclic amines) is 1. The highest BCUT2D eigenvalue weighted by molar-refractivity contribution is 5.73. The van der Waals surface area contributed by atoms with Gasteiger partial charge in [0.1, 0.15) is 5.75 Å². The second-order valence-electron chi connectivity index (χ2n) is 6.73. The Morgan fingerprint density at radius 1 is 1.43 bits per heavy atom. The van der Waals surface area contributed by atoms with Gasteiger partial charge in [-0.25, -0.2) is 4.79 Å². The van der Waals surface area contributed by atoms with Crippen molar-refractivity contribution in [3.05, 3.63) is 29.8 Å². The van der Waals surface area contributed by atoms with E-state index in [0.29, 0.717) is 12.5 Å². The summed E-state index contributed by atoms with van der Waals surface area (Å²) < 4.78 is 5.79. The van der Waals surface area contributed by atoms with Crippen LogP contribution in [0.4, 0.5) is 4.79 Å². The molecule has 1 heterocycles. The summed E-state index contributed by atoms with van der Waals surface area (Å²) in [5, 5.41) is 2.99. The maximum Gasteiger partial charge on any atom is 0.317 e. The number of amides is 2. The summed E-state index contributed by atoms with van der Waals surface area (Å²) in [5.74, 6) is 1.41. The standard InChI is InChI=1S/C18H29N3O2/c1-14(2)23-17-8-6-5-7-16(17)11-19-18(22)21(4)13-15-9-10-20(3)12-15/h5-8,14-15H,9-13H2,1-4H3,(H,19,22)/t15-/m0/s1. The fourth-order valence-corrected chi connectivity index (χ4v) is 2.97. The van der Waals surface area contributed by atoms with Crippen LogP contribution in [0.25, 0.3) is 0 Å². The van der Waals surface area contributed by atoms with Crippen LogP contribution in [0.5, 0.6) is 5.75 Å². The fourth-order valence-electron chi connectivity index (χ4n) is 2.97. The van der Waals surface area contributed by atoms with E-state index in [-0.39, 0.29) is 12.1 Å². The number of nitrogens with zero attached hydrogens (tertiary/aromatic N) is 2. The van der Waals surface area contributed by atoms with Crippen LogP contribution in [0.15, 0.2) is 24.3 Å². The highest BCUT2D eigenvalue weighted by atomic mass is 16.5. The molecule has 1 N–H and O–H groups in total. The summed E-state index contributed by atoms with van der Waals surface area (Å²) in [7, 11) is 4.00. The summed E-state index contributed by atoms with van der Waals surface area (Å²) in [6.07, 6.45) is 1.29. The Balaban J connectivity index is 1.84. The van der Waals surface area contributed by atoms with Crippen molar-refractivity contribution < 1.29 is 9.53 Å². The zero-order valence-electron chi connectivity index (χ0n) is 14.7. The highest BCUT2D eigenvalue weighted by Gasteiger charge is 2.22. The van der Waals surface area contributed by atoms with Gasteiger partial charge in [0.2, 0.25) is 0 Å². The Hall–Kier alpha value is -1.75. The molecule has 0 aliphatic carbocycles. The number of rotatable bonds is 6. The van der Waals surface area contributed by atoms with Gasteiger partial charge in [0.05, 0.1) is 6.10 Å². The van der Waals surface area contributed by atoms with Crippen LogP contribution in [0, 0.1) is 5.92 Å². The zero-order chi connectivity index (χ0) is 16.8. The van der Waals surface area contributed by atoms with E-state index in [1.165, 1.54) is 6.42 Å². The summed E-state index contributed by atoms with van der Waals surface area (Å²) >= 11 is 0. The Kier molecular flexibility index (Phi) is 6.28. The van der Waals surface area contributed by atoms with Gasteiger partial charge in [-0.2, -0.15) is 0 Å². The molecule has 23 heavy (non-hydrogen) atoms. The fraction of sp³-hybridized carbons (Fsp3) is 0.611. The van der Waals surface area contributed by atoms with Crippen LogP contribution in [-0.2, 0) is 6.54 Å². The van der Waals surface area contributed by atoms with E-state index in [2.05, 4.69) is 17.3 Å². The van der Waals surface area contributed by atoms with Gasteiger partial charge in [0.15, 0.2) is 0 Å². The van der Waals surface area contributed by atoms with Crippen molar-refractivity contribution in [2.45, 2.75) is 32.9 Å². The van der Waals surface area contributed by atoms with Crippen LogP contribution < -0.4 is 10.1 Å². The molecule has 2 rings (SSSR count). The number of carbonyl (C=O) groups is 1. The smallest absolute Gasteiger partial charge is 0.317 e. The first-order chi connectivity index (χ1) is 11.0. The average Bonchev–Trinajstić information content (AvgIpc) is 2.90. The Bertz CT molecular complexity index is 519. The van der Waals surface area contributed by atoms with E-state index >= 15 is 0 Å². The molecule has 5 nitrogen and oxygen atoms in total. The van der Waals surface area contributed by atoms with Crippen LogP contribution in [0.2, 0.25) is 0 Å². The maximum atomic E-state index is 12.3. The van der Waals surface area contributed by atoms with E-state index in [1.54, 1.807) is 4.90 Å². The minimum absolute atomic E-state index is 0.0288. The molecule has 0 spiro atoms. The van der Waals surface area contributed by atoms with E-state index in [4.69, 9.17) is 4.74 Å². The molecule has 0 bridgehead atoms. The number of ether oxygens (including phenoxy) is 1. The molecule has 0 aromatic heterocycles. The van der Waals surface area contributed by atoms with Gasteiger partial charge in [-0.15, -0.1) is 0 Å². The van der Waals surface area contributed by atoms with Crippen molar-refractivity contribution in [2.75, 3.05) is 33.7 Å². The summed E-state index contributed by atoms with van der Waals surface area (Å²) in [5.41, 5.74) is 1.00. The molecular weight excluding hydrogens is 290 g/mol. The third-order valence-electron chi connectivity index (χ3n) is 4.13. The van der Waals surface area contributed by atoms with Crippen molar-refractivity contribution in [3.8, 4) is 5.75 Å². The third kappa shape index (κ3) is 5.43. The maximum absolute atomic E-state index is 12.3. The monoisotopic (exact) mass is 319 g/mol. The minimum atomic E-state index is -0.0288. The molecule has 1 aliphatic heterocycles. The van der Waals surface area contributed by atoms with Gasteiger partial charge in [-0.1, -0.05) is 18.2 Å². The molecule has 1 aromatic rings. The van der Waals surface area contributed by atoms with E-state index in [1.807, 2.05) is 45.2 Å². The number of hydrogen-bond acceptors (Lipinski definition) is 3. The molecule has 1 aromatic carbocycles. The normalized spacial score (nSPS) is 18.2. The SMILES string of the molecule is CC(C)Oc1ccccc1CNC(=O)N(C)C[C@H]1CCN(C)C1. The topological polar surface area (TPSA) is 44.8 Å². The predicted molar refractivity (Wildman–Crippen MR) is 92.7 cm³/mol. The number of carbonyl (C=O) groups excluding carboxylic acids is 1. The molecule has 5 heteroatoms. The Morgan fingerprint density at radius 2 is 2.17 bits per heavy atom. The van der Waals surface area contributed by atoms with Crippen LogP contribution in [0.1, 0.15) is 25.8 Å². The predicted octanol–water partition coefficient (Wildman–Crippen LogP) is 2.57. The van der Waals surface area contributed by atoms with Gasteiger partial charge in [0, 0.05) is 32.2 Å². The Labute approximate surface area is 139 Å². The number of urea groups is 1. The van der Waals surface area contributed by atoms with Crippen LogP contribution in [0.3, 0.4) is 0 Å². The number of para-hydroxylation sites is 1. The molecule has 1 saturated heterocycles. The van der Waals surface area contributed by atoms with Gasteiger partial charge in [-0.05, 0) is 45.8 Å². The molecule has 1 fully saturated rings. The van der Waals surface area contributed by atoms with Crippen molar-refractivity contribution in [2.24, 2.45) is 5.92 Å². The van der Waals surface area contributed by atoms with Crippen LogP contribution in [-0.4, -0.2) is 55.7 Å². The van der Waals surface area contributed by atoms with Crippen molar-refractivity contribution >= 4 is 6.03 Å². The van der Waals surface area contributed by atoms with Crippen LogP contribution >= 0.6 is 0 Å². The summed E-state index contributed by atoms with van der Waals surface area (Å²) in [6.45, 7) is 7.49. The molecule has 1 aliphatic rings. The minimum Gasteiger partial charge on any atom is -0.491 e. The molecule has 128 valence electrons. The lowest BCUT2D eigenvalue weighted by molar-refractivity contribution is 0.199. The van der Waals surface area contributed by atoms with Gasteiger partial charge in [-0.3, -0.25) is 0 Å². The lowest BCUT2D eigenvalue weighted by atomic mass is 10.1. The highest BCUT2D eigenvalue weighted by Crippen LogP contribution is 2.19. The second-order valence-corrected chi connectivity index (χ2v) is 6.73. The first-order valence-electron chi connectivity index (χ1n) is 8.37. The van der Waals surface area contributed by atoms with Gasteiger partial charge in [0.25, 0.3) is 0 Å². The Morgan fingerprint density at radius 3 is 2.83 bits per heavy atom. The first kappa shape index (κ1) is 17.6. The van der Waals surface area contributed by atoms with Gasteiger partial charge >= 0.3 is 6.03 Å². The number of hydrogen-bond donors (Lipinski definition) is 1. The summed E-state index contributed by atoms with van der Waals surface area (Å²) in [6, 6.07) is 7.82. The van der Waals surface area contributed by atoms with Crippen molar-refractivity contribution in [1.82, 2.24) is 15.1 Å². The quantitative estimate of drug-likeness (QED) is 0.876. The van der Waals surface area contributed by atoms with Gasteiger partial charge < -0.3 is 19.9 Å². The van der Waals surface area contributed by atoms with E-state index in [0.717, 1.165) is 30.9 Å². The zero-order valence-corrected chi connectivity index (χ0v) is 14.7. The molecule has 0 saturated carbocycles. The van der Waals surface area contributed by atoms with Crippen molar-refractivity contribution in [1.29, 1.82) is 0 Å². The number of nitrogens with one attached hydrogen (secondary N) is 1. The molecule has 1 atom stereocenters. The third-order valence-corrected chi connectivity index (χ3v) is 4.13. The van der Waals surface area contributed by atoms with E-state index in [9.17, 15) is 4.79 Å². The van der Waals surface area contributed by atoms with Crippen molar-refractivity contribution in [3.63, 3.8) is 0 Å². The molecule has 2 amide bonds. The first-order valence-corrected chi connectivity index (χ1v) is 8.37. The molecular formula is C18H29N3O2. The second kappa shape index (κ2) is 8.20. The molecule has 0 unspecified atom stereocenters. The molecule has 0 radical (unpaired) electrons. The largest absolute Gasteiger partial charge is 0.491 e. The average molecular weight is 319 g/mol. The lowest BCUT2D eigenvalue weighted by Gasteiger charge is -2.22. The summed E-state index contributed by atoms with van der Waals surface area (Å²) in [4.78, 5) is 16.4. The lowest BCUT2D eigenvalue weighted by Crippen LogP contribution is -2.40.